The van der Waals surface area contributed by atoms with Crippen molar-refractivity contribution in [1.82, 2.24) is 5.32 Å². The number of benzene rings is 1. The van der Waals surface area contributed by atoms with Crippen LogP contribution in [-0.4, -0.2) is 6.54 Å². The Morgan fingerprint density at radius 2 is 1.80 bits per heavy atom. The van der Waals surface area contributed by atoms with E-state index >= 15 is 0 Å². The quantitative estimate of drug-likeness (QED) is 0.615. The molecule has 0 saturated heterocycles. The minimum Gasteiger partial charge on any atom is -0.306 e. The summed E-state index contributed by atoms with van der Waals surface area (Å²) in [7, 11) is 0. The first kappa shape index (κ1) is 16.2. The summed E-state index contributed by atoms with van der Waals surface area (Å²) < 4.78 is 2.22. The van der Waals surface area contributed by atoms with E-state index in [1.807, 2.05) is 11.3 Å². The number of thiophene rings is 1. The number of hydrogen-bond acceptors (Lipinski definition) is 2. The summed E-state index contributed by atoms with van der Waals surface area (Å²) in [6.07, 6.45) is 2.24. The van der Waals surface area contributed by atoms with Crippen LogP contribution in [0.4, 0.5) is 0 Å². The Morgan fingerprint density at radius 1 is 1.10 bits per heavy atom. The molecule has 0 radical (unpaired) electrons. The van der Waals surface area contributed by atoms with Crippen molar-refractivity contribution in [2.45, 2.75) is 32.7 Å². The summed E-state index contributed by atoms with van der Waals surface area (Å²) in [6, 6.07) is 11.2. The molecule has 0 saturated carbocycles. The molecule has 1 atom stereocenters. The fourth-order valence-electron chi connectivity index (χ4n) is 2.15. The second-order valence-electron chi connectivity index (χ2n) is 4.75. The lowest BCUT2D eigenvalue weighted by Crippen LogP contribution is -2.22. The molecular weight excluding hydrogens is 398 g/mol. The molecule has 0 fully saturated rings. The van der Waals surface area contributed by atoms with Crippen molar-refractivity contribution in [3.8, 4) is 0 Å². The van der Waals surface area contributed by atoms with Gasteiger partial charge in [0.2, 0.25) is 0 Å². The Balaban J connectivity index is 2.35. The summed E-state index contributed by atoms with van der Waals surface area (Å²) in [5.74, 6) is 0. The first-order valence-corrected chi connectivity index (χ1v) is 9.32. The number of hydrogen-bond donors (Lipinski definition) is 1. The van der Waals surface area contributed by atoms with Crippen molar-refractivity contribution in [3.05, 3.63) is 54.6 Å². The average molecular weight is 417 g/mol. The third-order valence-electron chi connectivity index (χ3n) is 3.13. The molecule has 0 bridgehead atoms. The first-order chi connectivity index (χ1) is 9.63. The van der Waals surface area contributed by atoms with Gasteiger partial charge in [-0.25, -0.2) is 0 Å². The predicted octanol–water partition coefficient (Wildman–Crippen LogP) is 5.92. The Morgan fingerprint density at radius 3 is 2.35 bits per heavy atom. The van der Waals surface area contributed by atoms with E-state index in [0.717, 1.165) is 28.3 Å². The van der Waals surface area contributed by atoms with E-state index in [9.17, 15) is 0 Å². The molecule has 1 unspecified atom stereocenters. The number of nitrogens with one attached hydrogen (secondary N) is 1. The van der Waals surface area contributed by atoms with Crippen LogP contribution >= 0.6 is 43.2 Å². The highest BCUT2D eigenvalue weighted by Crippen LogP contribution is 2.32. The van der Waals surface area contributed by atoms with Gasteiger partial charge in [-0.2, -0.15) is 0 Å². The lowest BCUT2D eigenvalue weighted by atomic mass is 10.1. The van der Waals surface area contributed by atoms with Crippen molar-refractivity contribution in [2.75, 3.05) is 6.54 Å². The molecule has 2 aromatic rings. The fourth-order valence-corrected chi connectivity index (χ4v) is 4.54. The molecule has 1 aromatic carbocycles. The highest BCUT2D eigenvalue weighted by Gasteiger charge is 2.16. The lowest BCUT2D eigenvalue weighted by Gasteiger charge is -2.18. The molecule has 1 aromatic heterocycles. The van der Waals surface area contributed by atoms with Crippen LogP contribution in [0.5, 0.6) is 0 Å². The van der Waals surface area contributed by atoms with Gasteiger partial charge in [0, 0.05) is 18.7 Å². The minimum absolute atomic E-state index is 0.272. The van der Waals surface area contributed by atoms with Crippen LogP contribution in [0.2, 0.25) is 0 Å². The molecule has 1 nitrogen and oxygen atoms in total. The molecule has 20 heavy (non-hydrogen) atoms. The van der Waals surface area contributed by atoms with Gasteiger partial charge in [-0.05, 0) is 55.3 Å². The summed E-state index contributed by atoms with van der Waals surface area (Å²) in [5, 5.41) is 3.66. The van der Waals surface area contributed by atoms with E-state index < -0.39 is 0 Å². The molecule has 108 valence electrons. The number of rotatable bonds is 6. The highest BCUT2D eigenvalue weighted by atomic mass is 79.9. The van der Waals surface area contributed by atoms with Gasteiger partial charge < -0.3 is 5.32 Å². The SMILES string of the molecule is CCCNC(c1cc(Br)cc(Br)c1)c1ccc(CC)s1. The Bertz CT molecular complexity index is 545. The molecule has 0 aliphatic rings. The molecule has 0 spiro atoms. The van der Waals surface area contributed by atoms with E-state index in [2.05, 4.69) is 81.4 Å². The van der Waals surface area contributed by atoms with Gasteiger partial charge in [0.1, 0.15) is 0 Å². The highest BCUT2D eigenvalue weighted by molar-refractivity contribution is 9.11. The topological polar surface area (TPSA) is 12.0 Å². The number of aryl methyl sites for hydroxylation is 1. The zero-order valence-corrected chi connectivity index (χ0v) is 15.7. The smallest absolute Gasteiger partial charge is 0.0671 e. The predicted molar refractivity (Wildman–Crippen MR) is 95.7 cm³/mol. The van der Waals surface area contributed by atoms with Crippen LogP contribution in [-0.2, 0) is 6.42 Å². The molecule has 1 N–H and O–H groups in total. The van der Waals surface area contributed by atoms with Crippen molar-refractivity contribution in [3.63, 3.8) is 0 Å². The van der Waals surface area contributed by atoms with Gasteiger partial charge in [0.15, 0.2) is 0 Å². The van der Waals surface area contributed by atoms with E-state index in [-0.39, 0.29) is 6.04 Å². The number of halogens is 2. The lowest BCUT2D eigenvalue weighted by molar-refractivity contribution is 0.605. The van der Waals surface area contributed by atoms with Gasteiger partial charge in [-0.15, -0.1) is 11.3 Å². The maximum Gasteiger partial charge on any atom is 0.0671 e. The van der Waals surface area contributed by atoms with E-state index in [1.54, 1.807) is 0 Å². The fraction of sp³-hybridized carbons (Fsp3) is 0.375. The standard InChI is InChI=1S/C16H19Br2NS/c1-3-7-19-16(15-6-5-14(4-2)20-15)11-8-12(17)10-13(18)9-11/h5-6,8-10,16,19H,3-4,7H2,1-2H3. The zero-order chi connectivity index (χ0) is 14.5. The van der Waals surface area contributed by atoms with Gasteiger partial charge >= 0.3 is 0 Å². The summed E-state index contributed by atoms with van der Waals surface area (Å²) in [4.78, 5) is 2.83. The van der Waals surface area contributed by atoms with Gasteiger partial charge in [-0.3, -0.25) is 0 Å². The van der Waals surface area contributed by atoms with Crippen LogP contribution in [0.1, 0.15) is 41.6 Å². The monoisotopic (exact) mass is 415 g/mol. The third kappa shape index (κ3) is 4.17. The van der Waals surface area contributed by atoms with Crippen LogP contribution < -0.4 is 5.32 Å². The first-order valence-electron chi connectivity index (χ1n) is 6.92. The normalized spacial score (nSPS) is 12.6. The third-order valence-corrected chi connectivity index (χ3v) is 5.34. The van der Waals surface area contributed by atoms with Crippen LogP contribution in [0.25, 0.3) is 0 Å². The summed E-state index contributed by atoms with van der Waals surface area (Å²) in [5.41, 5.74) is 1.30. The Hall–Kier alpha value is -0.160. The van der Waals surface area contributed by atoms with Crippen LogP contribution in [0, 0.1) is 0 Å². The minimum atomic E-state index is 0.272. The summed E-state index contributed by atoms with van der Waals surface area (Å²) in [6.45, 7) is 5.43. The average Bonchev–Trinajstić information content (AvgIpc) is 2.87. The van der Waals surface area contributed by atoms with Crippen LogP contribution in [0.3, 0.4) is 0 Å². The van der Waals surface area contributed by atoms with E-state index in [1.165, 1.54) is 15.3 Å². The Labute approximate surface area is 142 Å². The van der Waals surface area contributed by atoms with Crippen molar-refractivity contribution < 1.29 is 0 Å². The van der Waals surface area contributed by atoms with Gasteiger partial charge in [0.05, 0.1) is 6.04 Å². The molecule has 0 aliphatic carbocycles. The second-order valence-corrected chi connectivity index (χ2v) is 7.78. The van der Waals surface area contributed by atoms with E-state index in [0.29, 0.717) is 0 Å². The van der Waals surface area contributed by atoms with Gasteiger partial charge in [0.25, 0.3) is 0 Å². The molecule has 4 heteroatoms. The Kier molecular flexibility index (Phi) is 6.27. The largest absolute Gasteiger partial charge is 0.306 e. The van der Waals surface area contributed by atoms with Gasteiger partial charge in [-0.1, -0.05) is 45.7 Å². The molecular formula is C16H19Br2NS. The zero-order valence-electron chi connectivity index (χ0n) is 11.7. The van der Waals surface area contributed by atoms with Crippen molar-refractivity contribution in [1.29, 1.82) is 0 Å². The molecule has 1 heterocycles. The second kappa shape index (κ2) is 7.74. The van der Waals surface area contributed by atoms with E-state index in [4.69, 9.17) is 0 Å². The summed E-state index contributed by atoms with van der Waals surface area (Å²) >= 11 is 9.08. The van der Waals surface area contributed by atoms with Crippen molar-refractivity contribution in [2.24, 2.45) is 0 Å². The molecule has 0 aliphatic heterocycles. The maximum absolute atomic E-state index is 3.66. The van der Waals surface area contributed by atoms with Crippen molar-refractivity contribution >= 4 is 43.2 Å². The molecule has 2 rings (SSSR count). The molecule has 0 amide bonds. The maximum atomic E-state index is 3.66. The van der Waals surface area contributed by atoms with Crippen LogP contribution in [0.15, 0.2) is 39.3 Å².